The lowest BCUT2D eigenvalue weighted by Crippen LogP contribution is -2.54. The summed E-state index contributed by atoms with van der Waals surface area (Å²) in [4.78, 5) is 3.54. The minimum Gasteiger partial charge on any atom is -0.494 e. The number of ether oxygens (including phenoxy) is 1. The molecule has 0 amide bonds. The van der Waals surface area contributed by atoms with E-state index in [1.165, 1.54) is 21.3 Å². The van der Waals surface area contributed by atoms with E-state index in [-0.39, 0.29) is 30.2 Å². The van der Waals surface area contributed by atoms with Crippen molar-refractivity contribution in [3.05, 3.63) is 53.8 Å². The second-order valence-corrected chi connectivity index (χ2v) is 10.4. The number of alkyl halides is 3. The van der Waals surface area contributed by atoms with Crippen molar-refractivity contribution in [3.63, 3.8) is 0 Å². The zero-order valence-corrected chi connectivity index (χ0v) is 20.2. The second-order valence-electron chi connectivity index (χ2n) is 8.55. The highest BCUT2D eigenvalue weighted by Gasteiger charge is 2.39. The van der Waals surface area contributed by atoms with Crippen LogP contribution in [0.4, 0.5) is 23.2 Å². The Balaban J connectivity index is 1.74. The van der Waals surface area contributed by atoms with Gasteiger partial charge in [-0.3, -0.25) is 0 Å². The highest BCUT2D eigenvalue weighted by molar-refractivity contribution is 7.89. The fourth-order valence-electron chi connectivity index (χ4n) is 3.96. The van der Waals surface area contributed by atoms with Gasteiger partial charge in [-0.15, -0.1) is 0 Å². The SMILES string of the molecule is C[C@@H]1CN(c2ccc(F)cc2C(F)(F)F)CCN1S(=O)(=O)c1cccc(OCCCN(C)C)c1. The van der Waals surface area contributed by atoms with E-state index in [2.05, 4.69) is 0 Å². The normalized spacial score (nSPS) is 17.9. The predicted molar refractivity (Wildman–Crippen MR) is 122 cm³/mol. The Hall–Kier alpha value is -2.37. The molecule has 2 aromatic rings. The number of sulfonamides is 1. The van der Waals surface area contributed by atoms with Gasteiger partial charge in [0, 0.05) is 44.0 Å². The Kier molecular flexibility index (Phi) is 8.10. The Morgan fingerprint density at radius 1 is 1.12 bits per heavy atom. The largest absolute Gasteiger partial charge is 0.494 e. The Labute approximate surface area is 197 Å². The van der Waals surface area contributed by atoms with Crippen LogP contribution >= 0.6 is 0 Å². The smallest absolute Gasteiger partial charge is 0.418 e. The summed E-state index contributed by atoms with van der Waals surface area (Å²) in [5, 5.41) is 0. The fraction of sp³-hybridized carbons (Fsp3) is 0.478. The molecular formula is C23H29F4N3O3S. The number of benzene rings is 2. The van der Waals surface area contributed by atoms with Gasteiger partial charge in [0.05, 0.1) is 17.1 Å². The molecule has 2 aromatic carbocycles. The van der Waals surface area contributed by atoms with Crippen molar-refractivity contribution in [2.45, 2.75) is 30.5 Å². The number of hydrogen-bond donors (Lipinski definition) is 0. The van der Waals surface area contributed by atoms with Gasteiger partial charge in [-0.05, 0) is 57.8 Å². The number of rotatable bonds is 8. The molecule has 1 saturated heterocycles. The van der Waals surface area contributed by atoms with Crippen LogP contribution in [0.2, 0.25) is 0 Å². The summed E-state index contributed by atoms with van der Waals surface area (Å²) in [5.41, 5.74) is -1.24. The number of anilines is 1. The first-order valence-corrected chi connectivity index (χ1v) is 12.3. The van der Waals surface area contributed by atoms with Crippen LogP contribution in [-0.4, -0.2) is 70.5 Å². The number of nitrogens with zero attached hydrogens (tertiary/aromatic N) is 3. The van der Waals surface area contributed by atoms with E-state index in [0.29, 0.717) is 18.4 Å². The van der Waals surface area contributed by atoms with Crippen molar-refractivity contribution in [2.75, 3.05) is 51.8 Å². The van der Waals surface area contributed by atoms with Gasteiger partial charge in [-0.25, -0.2) is 12.8 Å². The average molecular weight is 504 g/mol. The summed E-state index contributed by atoms with van der Waals surface area (Å²) in [6.07, 6.45) is -3.94. The average Bonchev–Trinajstić information content (AvgIpc) is 2.76. The molecule has 1 aliphatic heterocycles. The summed E-state index contributed by atoms with van der Waals surface area (Å²) in [5.74, 6) is -0.540. The lowest BCUT2D eigenvalue weighted by molar-refractivity contribution is -0.137. The molecule has 0 aliphatic carbocycles. The molecule has 0 spiro atoms. The summed E-state index contributed by atoms with van der Waals surface area (Å²) in [7, 11) is 0.0126. The number of hydrogen-bond acceptors (Lipinski definition) is 5. The zero-order valence-electron chi connectivity index (χ0n) is 19.3. The third-order valence-corrected chi connectivity index (χ3v) is 7.61. The molecule has 3 rings (SSSR count). The summed E-state index contributed by atoms with van der Waals surface area (Å²) in [6, 6.07) is 8.15. The molecule has 1 aliphatic rings. The Bertz CT molecular complexity index is 1090. The molecular weight excluding hydrogens is 474 g/mol. The third kappa shape index (κ3) is 6.19. The maximum atomic E-state index is 13.5. The van der Waals surface area contributed by atoms with E-state index >= 15 is 0 Å². The molecule has 0 bridgehead atoms. The maximum Gasteiger partial charge on any atom is 0.418 e. The maximum absolute atomic E-state index is 13.5. The summed E-state index contributed by atoms with van der Waals surface area (Å²) >= 11 is 0. The van der Waals surface area contributed by atoms with Gasteiger partial charge in [-0.2, -0.15) is 17.5 Å². The highest BCUT2D eigenvalue weighted by atomic mass is 32.2. The van der Waals surface area contributed by atoms with Gasteiger partial charge in [0.1, 0.15) is 11.6 Å². The van der Waals surface area contributed by atoms with Gasteiger partial charge in [0.15, 0.2) is 0 Å². The van der Waals surface area contributed by atoms with Crippen molar-refractivity contribution in [1.29, 1.82) is 0 Å². The first-order chi connectivity index (χ1) is 15.9. The van der Waals surface area contributed by atoms with E-state index in [1.807, 2.05) is 19.0 Å². The predicted octanol–water partition coefficient (Wildman–Crippen LogP) is 4.07. The van der Waals surface area contributed by atoms with Crippen molar-refractivity contribution in [3.8, 4) is 5.75 Å². The second kappa shape index (κ2) is 10.5. The van der Waals surface area contributed by atoms with Gasteiger partial charge in [0.25, 0.3) is 0 Å². The Morgan fingerprint density at radius 3 is 2.50 bits per heavy atom. The molecule has 1 fully saturated rings. The molecule has 34 heavy (non-hydrogen) atoms. The van der Waals surface area contributed by atoms with Crippen LogP contribution in [-0.2, 0) is 16.2 Å². The molecule has 188 valence electrons. The molecule has 1 heterocycles. The standard InChI is InChI=1S/C23H29F4N3O3S/c1-17-16-29(22-9-8-18(24)14-21(22)23(25,26)27)11-12-30(17)34(31,32)20-7-4-6-19(15-20)33-13-5-10-28(2)3/h4,6-9,14-15,17H,5,10-13,16H2,1-3H3/t17-/m1/s1. The van der Waals surface area contributed by atoms with E-state index in [1.54, 1.807) is 19.1 Å². The molecule has 0 aromatic heterocycles. The van der Waals surface area contributed by atoms with Crippen LogP contribution in [0.1, 0.15) is 18.9 Å². The topological polar surface area (TPSA) is 53.1 Å². The van der Waals surface area contributed by atoms with Crippen LogP contribution in [0, 0.1) is 5.82 Å². The highest BCUT2D eigenvalue weighted by Crippen LogP contribution is 2.38. The Morgan fingerprint density at radius 2 is 1.85 bits per heavy atom. The van der Waals surface area contributed by atoms with E-state index in [9.17, 15) is 26.0 Å². The fourth-order valence-corrected chi connectivity index (χ4v) is 5.61. The minimum absolute atomic E-state index is 0.00784. The first kappa shape index (κ1) is 26.2. The van der Waals surface area contributed by atoms with Gasteiger partial charge >= 0.3 is 6.18 Å². The number of halogens is 4. The molecule has 0 saturated carbocycles. The van der Waals surface area contributed by atoms with Crippen LogP contribution in [0.15, 0.2) is 47.4 Å². The monoisotopic (exact) mass is 503 g/mol. The third-order valence-electron chi connectivity index (χ3n) is 5.60. The summed E-state index contributed by atoms with van der Waals surface area (Å²) < 4.78 is 87.4. The summed E-state index contributed by atoms with van der Waals surface area (Å²) in [6.45, 7) is 2.99. The van der Waals surface area contributed by atoms with Crippen LogP contribution < -0.4 is 9.64 Å². The lowest BCUT2D eigenvalue weighted by Gasteiger charge is -2.40. The van der Waals surface area contributed by atoms with Crippen molar-refractivity contribution >= 4 is 15.7 Å². The van der Waals surface area contributed by atoms with E-state index in [0.717, 1.165) is 25.1 Å². The number of piperazine rings is 1. The van der Waals surface area contributed by atoms with Gasteiger partial charge in [0.2, 0.25) is 10.0 Å². The molecule has 6 nitrogen and oxygen atoms in total. The molecule has 1 atom stereocenters. The van der Waals surface area contributed by atoms with Crippen LogP contribution in [0.3, 0.4) is 0 Å². The van der Waals surface area contributed by atoms with Crippen molar-refractivity contribution < 1.29 is 30.7 Å². The quantitative estimate of drug-likeness (QED) is 0.402. The van der Waals surface area contributed by atoms with E-state index in [4.69, 9.17) is 4.74 Å². The first-order valence-electron chi connectivity index (χ1n) is 10.9. The van der Waals surface area contributed by atoms with E-state index < -0.39 is 33.6 Å². The molecule has 11 heteroatoms. The van der Waals surface area contributed by atoms with Gasteiger partial charge < -0.3 is 14.5 Å². The lowest BCUT2D eigenvalue weighted by atomic mass is 10.1. The van der Waals surface area contributed by atoms with Gasteiger partial charge in [-0.1, -0.05) is 6.07 Å². The van der Waals surface area contributed by atoms with Crippen molar-refractivity contribution in [2.24, 2.45) is 0 Å². The zero-order chi connectivity index (χ0) is 25.1. The molecule has 0 unspecified atom stereocenters. The molecule has 0 N–H and O–H groups in total. The van der Waals surface area contributed by atoms with Crippen LogP contribution in [0.25, 0.3) is 0 Å². The van der Waals surface area contributed by atoms with Crippen LogP contribution in [0.5, 0.6) is 5.75 Å². The molecule has 0 radical (unpaired) electrons. The van der Waals surface area contributed by atoms with Crippen molar-refractivity contribution in [1.82, 2.24) is 9.21 Å². The minimum atomic E-state index is -4.73.